The monoisotopic (exact) mass is 299 g/mol. The molecule has 4 heteroatoms. The fourth-order valence-electron chi connectivity index (χ4n) is 2.10. The Labute approximate surface area is 110 Å². The third kappa shape index (κ3) is 2.92. The smallest absolute Gasteiger partial charge is 0.257 e. The predicted octanol–water partition coefficient (Wildman–Crippen LogP) is 3.37. The number of nitrogens with zero attached hydrogens (tertiary/aromatic N) is 1. The SMILES string of the molecule is Cc1cc(C(=O)N(CCCBr)C2CCC2)co1. The van der Waals surface area contributed by atoms with Crippen LogP contribution in [0.25, 0.3) is 0 Å². The summed E-state index contributed by atoms with van der Waals surface area (Å²) in [4.78, 5) is 14.4. The van der Waals surface area contributed by atoms with Gasteiger partial charge in [-0.1, -0.05) is 15.9 Å². The Morgan fingerprint density at radius 3 is 2.82 bits per heavy atom. The Morgan fingerprint density at radius 2 is 2.35 bits per heavy atom. The zero-order valence-corrected chi connectivity index (χ0v) is 11.7. The summed E-state index contributed by atoms with van der Waals surface area (Å²) in [6.45, 7) is 2.70. The molecule has 1 fully saturated rings. The molecule has 1 heterocycles. The van der Waals surface area contributed by atoms with Gasteiger partial charge in [0.1, 0.15) is 12.0 Å². The van der Waals surface area contributed by atoms with Crippen LogP contribution in [0.4, 0.5) is 0 Å². The van der Waals surface area contributed by atoms with Crippen molar-refractivity contribution in [2.24, 2.45) is 0 Å². The molecule has 0 bridgehead atoms. The van der Waals surface area contributed by atoms with E-state index in [0.29, 0.717) is 11.6 Å². The van der Waals surface area contributed by atoms with Crippen LogP contribution >= 0.6 is 15.9 Å². The average molecular weight is 300 g/mol. The highest BCUT2D eigenvalue weighted by atomic mass is 79.9. The molecule has 1 aliphatic rings. The van der Waals surface area contributed by atoms with Gasteiger partial charge in [-0.3, -0.25) is 4.79 Å². The summed E-state index contributed by atoms with van der Waals surface area (Å²) in [7, 11) is 0. The van der Waals surface area contributed by atoms with Crippen LogP contribution in [-0.2, 0) is 0 Å². The van der Waals surface area contributed by atoms with Crippen LogP contribution < -0.4 is 0 Å². The molecule has 1 amide bonds. The highest BCUT2D eigenvalue weighted by Crippen LogP contribution is 2.26. The van der Waals surface area contributed by atoms with E-state index in [1.165, 1.54) is 6.42 Å². The first-order valence-electron chi connectivity index (χ1n) is 6.14. The minimum absolute atomic E-state index is 0.118. The van der Waals surface area contributed by atoms with Crippen LogP contribution in [0.3, 0.4) is 0 Å². The third-order valence-corrected chi connectivity index (χ3v) is 3.85. The van der Waals surface area contributed by atoms with Crippen molar-refractivity contribution in [3.05, 3.63) is 23.7 Å². The summed E-state index contributed by atoms with van der Waals surface area (Å²) in [6, 6.07) is 2.26. The summed E-state index contributed by atoms with van der Waals surface area (Å²) in [5.41, 5.74) is 0.684. The van der Waals surface area contributed by atoms with Gasteiger partial charge in [0, 0.05) is 17.9 Å². The van der Waals surface area contributed by atoms with Crippen molar-refractivity contribution in [1.29, 1.82) is 0 Å². The molecule has 0 saturated heterocycles. The third-order valence-electron chi connectivity index (χ3n) is 3.29. The van der Waals surface area contributed by atoms with E-state index < -0.39 is 0 Å². The molecule has 0 radical (unpaired) electrons. The zero-order chi connectivity index (χ0) is 12.3. The molecule has 1 aliphatic carbocycles. The summed E-state index contributed by atoms with van der Waals surface area (Å²) in [5, 5.41) is 0.938. The van der Waals surface area contributed by atoms with Gasteiger partial charge in [0.05, 0.1) is 5.56 Å². The Kier molecular flexibility index (Phi) is 4.26. The lowest BCUT2D eigenvalue weighted by Crippen LogP contribution is -2.44. The number of hydrogen-bond acceptors (Lipinski definition) is 2. The first kappa shape index (κ1) is 12.7. The molecule has 0 aromatic carbocycles. The molecule has 1 aromatic heterocycles. The van der Waals surface area contributed by atoms with Gasteiger partial charge in [-0.2, -0.15) is 0 Å². The quantitative estimate of drug-likeness (QED) is 0.781. The second kappa shape index (κ2) is 5.71. The normalized spacial score (nSPS) is 15.6. The van der Waals surface area contributed by atoms with Gasteiger partial charge < -0.3 is 9.32 Å². The van der Waals surface area contributed by atoms with E-state index >= 15 is 0 Å². The predicted molar refractivity (Wildman–Crippen MR) is 70.5 cm³/mol. The lowest BCUT2D eigenvalue weighted by molar-refractivity contribution is 0.0580. The van der Waals surface area contributed by atoms with Crippen molar-refractivity contribution in [3.8, 4) is 0 Å². The van der Waals surface area contributed by atoms with Crippen LogP contribution in [0, 0.1) is 6.92 Å². The first-order chi connectivity index (χ1) is 8.22. The van der Waals surface area contributed by atoms with E-state index in [-0.39, 0.29) is 5.91 Å². The maximum Gasteiger partial charge on any atom is 0.257 e. The van der Waals surface area contributed by atoms with E-state index in [0.717, 1.165) is 36.9 Å². The van der Waals surface area contributed by atoms with Gasteiger partial charge in [-0.25, -0.2) is 0 Å². The van der Waals surface area contributed by atoms with E-state index in [2.05, 4.69) is 15.9 Å². The summed E-state index contributed by atoms with van der Waals surface area (Å²) < 4.78 is 5.21. The molecule has 0 aliphatic heterocycles. The highest BCUT2D eigenvalue weighted by molar-refractivity contribution is 9.09. The Morgan fingerprint density at radius 1 is 1.59 bits per heavy atom. The molecule has 1 saturated carbocycles. The molecule has 0 unspecified atom stereocenters. The number of carbonyl (C=O) groups excluding carboxylic acids is 1. The van der Waals surface area contributed by atoms with Gasteiger partial charge in [-0.15, -0.1) is 0 Å². The fourth-order valence-corrected chi connectivity index (χ4v) is 2.35. The van der Waals surface area contributed by atoms with Crippen molar-refractivity contribution in [2.75, 3.05) is 11.9 Å². The van der Waals surface area contributed by atoms with Crippen molar-refractivity contribution in [2.45, 2.75) is 38.6 Å². The average Bonchev–Trinajstić information content (AvgIpc) is 2.67. The number of furan rings is 1. The van der Waals surface area contributed by atoms with Gasteiger partial charge >= 0.3 is 0 Å². The summed E-state index contributed by atoms with van der Waals surface area (Å²) in [5.74, 6) is 0.912. The Balaban J connectivity index is 2.06. The molecule has 17 heavy (non-hydrogen) atoms. The molecule has 2 rings (SSSR count). The van der Waals surface area contributed by atoms with E-state index in [1.807, 2.05) is 17.9 Å². The topological polar surface area (TPSA) is 33.5 Å². The van der Waals surface area contributed by atoms with Crippen molar-refractivity contribution in [3.63, 3.8) is 0 Å². The van der Waals surface area contributed by atoms with E-state index in [1.54, 1.807) is 6.26 Å². The second-order valence-corrected chi connectivity index (χ2v) is 5.36. The zero-order valence-electron chi connectivity index (χ0n) is 10.1. The van der Waals surface area contributed by atoms with E-state index in [4.69, 9.17) is 4.42 Å². The van der Waals surface area contributed by atoms with Gasteiger partial charge in [-0.05, 0) is 38.7 Å². The molecule has 0 spiro atoms. The minimum atomic E-state index is 0.118. The van der Waals surface area contributed by atoms with Crippen LogP contribution in [-0.4, -0.2) is 28.7 Å². The number of carbonyl (C=O) groups is 1. The Bertz CT molecular complexity index is 385. The van der Waals surface area contributed by atoms with Crippen molar-refractivity contribution >= 4 is 21.8 Å². The van der Waals surface area contributed by atoms with Crippen LogP contribution in [0.1, 0.15) is 41.8 Å². The van der Waals surface area contributed by atoms with Gasteiger partial charge in [0.15, 0.2) is 0 Å². The van der Waals surface area contributed by atoms with Crippen LogP contribution in [0.5, 0.6) is 0 Å². The molecular formula is C13H18BrNO2. The van der Waals surface area contributed by atoms with Crippen LogP contribution in [0.15, 0.2) is 16.7 Å². The molecule has 0 atom stereocenters. The number of rotatable bonds is 5. The number of alkyl halides is 1. The highest BCUT2D eigenvalue weighted by Gasteiger charge is 2.29. The number of aryl methyl sites for hydroxylation is 1. The minimum Gasteiger partial charge on any atom is -0.469 e. The largest absolute Gasteiger partial charge is 0.469 e. The molecule has 1 aromatic rings. The Hall–Kier alpha value is -0.770. The molecule has 3 nitrogen and oxygen atoms in total. The molecular weight excluding hydrogens is 282 g/mol. The van der Waals surface area contributed by atoms with Crippen molar-refractivity contribution < 1.29 is 9.21 Å². The standard InChI is InChI=1S/C13H18BrNO2/c1-10-8-11(9-17-10)13(16)15(7-3-6-14)12-4-2-5-12/h8-9,12H,2-7H2,1H3. The molecule has 94 valence electrons. The first-order valence-corrected chi connectivity index (χ1v) is 7.26. The number of hydrogen-bond donors (Lipinski definition) is 0. The maximum atomic E-state index is 12.3. The van der Waals surface area contributed by atoms with Gasteiger partial charge in [0.2, 0.25) is 0 Å². The summed E-state index contributed by atoms with van der Waals surface area (Å²) in [6.07, 6.45) is 6.10. The van der Waals surface area contributed by atoms with Gasteiger partial charge in [0.25, 0.3) is 5.91 Å². The lowest BCUT2D eigenvalue weighted by atomic mass is 9.91. The number of halogens is 1. The maximum absolute atomic E-state index is 12.3. The number of amides is 1. The summed E-state index contributed by atoms with van der Waals surface area (Å²) >= 11 is 3.42. The molecule has 0 N–H and O–H groups in total. The van der Waals surface area contributed by atoms with Crippen molar-refractivity contribution in [1.82, 2.24) is 4.90 Å². The lowest BCUT2D eigenvalue weighted by Gasteiger charge is -2.37. The van der Waals surface area contributed by atoms with Crippen LogP contribution in [0.2, 0.25) is 0 Å². The second-order valence-electron chi connectivity index (χ2n) is 4.57. The fraction of sp³-hybridized carbons (Fsp3) is 0.615. The van der Waals surface area contributed by atoms with E-state index in [9.17, 15) is 4.79 Å².